The molecule has 2 heterocycles. The summed E-state index contributed by atoms with van der Waals surface area (Å²) in [7, 11) is 0. The smallest absolute Gasteiger partial charge is 0.345 e. The van der Waals surface area contributed by atoms with Gasteiger partial charge in [0.05, 0.1) is 15.4 Å². The summed E-state index contributed by atoms with van der Waals surface area (Å²) >= 11 is 6.63. The van der Waals surface area contributed by atoms with E-state index < -0.39 is 5.97 Å². The Hall–Kier alpha value is -2.97. The second-order valence-electron chi connectivity index (χ2n) is 5.90. The molecular weight excluding hydrogens is 506 g/mol. The SMILES string of the molecule is O=C(Oc1ccc2c(=O)c(Oc3ccccc3Br)coc2c1)c1cncc(Br)c1. The van der Waals surface area contributed by atoms with Gasteiger partial charge in [0.15, 0.2) is 0 Å². The fraction of sp³-hybridized carbons (Fsp3) is 0. The predicted octanol–water partition coefficient (Wildman–Crippen LogP) is 5.72. The van der Waals surface area contributed by atoms with Gasteiger partial charge in [-0.25, -0.2) is 4.79 Å². The van der Waals surface area contributed by atoms with E-state index in [9.17, 15) is 9.59 Å². The van der Waals surface area contributed by atoms with Crippen molar-refractivity contribution >= 4 is 48.8 Å². The highest BCUT2D eigenvalue weighted by atomic mass is 79.9. The Morgan fingerprint density at radius 1 is 1.00 bits per heavy atom. The average molecular weight is 517 g/mol. The number of pyridine rings is 1. The van der Waals surface area contributed by atoms with Crippen molar-refractivity contribution in [2.24, 2.45) is 0 Å². The molecule has 8 heteroatoms. The third kappa shape index (κ3) is 4.23. The molecule has 29 heavy (non-hydrogen) atoms. The van der Waals surface area contributed by atoms with Gasteiger partial charge in [0.2, 0.25) is 11.2 Å². The van der Waals surface area contributed by atoms with Crippen molar-refractivity contribution in [3.8, 4) is 17.2 Å². The lowest BCUT2D eigenvalue weighted by molar-refractivity contribution is 0.0734. The maximum Gasteiger partial charge on any atom is 0.345 e. The fourth-order valence-corrected chi connectivity index (χ4v) is 3.29. The Kier molecular flexibility index (Phi) is 5.46. The lowest BCUT2D eigenvalue weighted by Gasteiger charge is -2.08. The molecule has 0 aliphatic rings. The molecule has 0 bridgehead atoms. The van der Waals surface area contributed by atoms with Crippen molar-refractivity contribution in [2.45, 2.75) is 0 Å². The lowest BCUT2D eigenvalue weighted by atomic mass is 10.2. The third-order valence-electron chi connectivity index (χ3n) is 3.92. The molecule has 2 aromatic heterocycles. The molecule has 0 saturated carbocycles. The van der Waals surface area contributed by atoms with E-state index in [4.69, 9.17) is 13.9 Å². The van der Waals surface area contributed by atoms with Crippen molar-refractivity contribution in [2.75, 3.05) is 0 Å². The molecule has 4 rings (SSSR count). The summed E-state index contributed by atoms with van der Waals surface area (Å²) in [5.74, 6) is 0.209. The molecule has 6 nitrogen and oxygen atoms in total. The van der Waals surface area contributed by atoms with Gasteiger partial charge in [0, 0.05) is 22.9 Å². The van der Waals surface area contributed by atoms with Gasteiger partial charge in [-0.15, -0.1) is 0 Å². The number of halogens is 2. The van der Waals surface area contributed by atoms with Gasteiger partial charge < -0.3 is 13.9 Å². The minimum Gasteiger partial charge on any atom is -0.460 e. The van der Waals surface area contributed by atoms with Crippen LogP contribution in [0.1, 0.15) is 10.4 Å². The van der Waals surface area contributed by atoms with Gasteiger partial charge in [-0.3, -0.25) is 9.78 Å². The molecule has 0 aliphatic heterocycles. The minimum absolute atomic E-state index is 0.0503. The largest absolute Gasteiger partial charge is 0.460 e. The van der Waals surface area contributed by atoms with Crippen molar-refractivity contribution in [1.82, 2.24) is 4.98 Å². The molecule has 0 N–H and O–H groups in total. The molecule has 0 spiro atoms. The van der Waals surface area contributed by atoms with E-state index in [1.807, 2.05) is 6.07 Å². The van der Waals surface area contributed by atoms with Crippen LogP contribution >= 0.6 is 31.9 Å². The summed E-state index contributed by atoms with van der Waals surface area (Å²) in [6.07, 6.45) is 4.20. The number of esters is 1. The molecule has 4 aromatic rings. The lowest BCUT2D eigenvalue weighted by Crippen LogP contribution is -2.09. The Morgan fingerprint density at radius 2 is 1.83 bits per heavy atom. The number of fused-ring (bicyclic) bond motifs is 1. The van der Waals surface area contributed by atoms with Gasteiger partial charge in [0.1, 0.15) is 23.3 Å². The molecule has 0 aliphatic carbocycles. The number of aromatic nitrogens is 1. The first-order valence-electron chi connectivity index (χ1n) is 8.32. The number of nitrogens with zero attached hydrogens (tertiary/aromatic N) is 1. The molecule has 0 fully saturated rings. The summed E-state index contributed by atoms with van der Waals surface area (Å²) in [5, 5.41) is 0.304. The summed E-state index contributed by atoms with van der Waals surface area (Å²) in [4.78, 5) is 28.9. The van der Waals surface area contributed by atoms with E-state index in [0.717, 1.165) is 0 Å². The van der Waals surface area contributed by atoms with Gasteiger partial charge in [-0.1, -0.05) is 12.1 Å². The van der Waals surface area contributed by atoms with E-state index in [2.05, 4.69) is 36.8 Å². The number of carbonyl (C=O) groups is 1. The first-order valence-corrected chi connectivity index (χ1v) is 9.90. The van der Waals surface area contributed by atoms with Crippen LogP contribution < -0.4 is 14.9 Å². The van der Waals surface area contributed by atoms with Gasteiger partial charge >= 0.3 is 5.97 Å². The Labute approximate surface area is 181 Å². The topological polar surface area (TPSA) is 78.6 Å². The Bertz CT molecular complexity index is 1290. The highest BCUT2D eigenvalue weighted by molar-refractivity contribution is 9.10. The number of carbonyl (C=O) groups excluding carboxylic acids is 1. The van der Waals surface area contributed by atoms with Crippen molar-refractivity contribution in [3.63, 3.8) is 0 Å². The van der Waals surface area contributed by atoms with Crippen molar-refractivity contribution in [1.29, 1.82) is 0 Å². The quantitative estimate of drug-likeness (QED) is 0.255. The fourth-order valence-electron chi connectivity index (χ4n) is 2.56. The number of benzene rings is 2. The highest BCUT2D eigenvalue weighted by Crippen LogP contribution is 2.29. The molecule has 0 amide bonds. The number of ether oxygens (including phenoxy) is 2. The molecule has 0 atom stereocenters. The van der Waals surface area contributed by atoms with E-state index >= 15 is 0 Å². The molecule has 144 valence electrons. The Morgan fingerprint density at radius 3 is 2.62 bits per heavy atom. The predicted molar refractivity (Wildman–Crippen MR) is 114 cm³/mol. The first-order chi connectivity index (χ1) is 14.0. The standard InChI is InChI=1S/C21H11Br2NO5/c22-13-7-12(9-24-10-13)21(26)28-14-5-6-15-18(8-14)27-11-19(20(15)25)29-17-4-2-1-3-16(17)23/h1-11H. The van der Waals surface area contributed by atoms with Crippen LogP contribution in [0.3, 0.4) is 0 Å². The van der Waals surface area contributed by atoms with E-state index in [-0.39, 0.29) is 28.1 Å². The normalized spacial score (nSPS) is 10.7. The van der Waals surface area contributed by atoms with Gasteiger partial charge in [-0.2, -0.15) is 0 Å². The zero-order valence-corrected chi connectivity index (χ0v) is 17.8. The minimum atomic E-state index is -0.575. The van der Waals surface area contributed by atoms with Crippen LogP contribution in [0.15, 0.2) is 85.3 Å². The Balaban J connectivity index is 1.61. The van der Waals surface area contributed by atoms with E-state index in [0.29, 0.717) is 20.1 Å². The molecule has 0 radical (unpaired) electrons. The zero-order valence-electron chi connectivity index (χ0n) is 14.6. The molecule has 2 aromatic carbocycles. The summed E-state index contributed by atoms with van der Waals surface area (Å²) in [6, 6.07) is 13.3. The maximum absolute atomic E-state index is 12.7. The number of hydrogen-bond donors (Lipinski definition) is 0. The highest BCUT2D eigenvalue weighted by Gasteiger charge is 2.14. The maximum atomic E-state index is 12.7. The van der Waals surface area contributed by atoms with Crippen LogP contribution in [0.2, 0.25) is 0 Å². The zero-order chi connectivity index (χ0) is 20.4. The van der Waals surface area contributed by atoms with E-state index in [1.165, 1.54) is 30.7 Å². The van der Waals surface area contributed by atoms with Crippen molar-refractivity contribution in [3.05, 3.63) is 91.9 Å². The molecule has 0 unspecified atom stereocenters. The van der Waals surface area contributed by atoms with Gasteiger partial charge in [-0.05, 0) is 62.2 Å². The van der Waals surface area contributed by atoms with Crippen LogP contribution in [0.5, 0.6) is 17.2 Å². The number of para-hydroxylation sites is 1. The monoisotopic (exact) mass is 515 g/mol. The van der Waals surface area contributed by atoms with Crippen LogP contribution in [0, 0.1) is 0 Å². The summed E-state index contributed by atoms with van der Waals surface area (Å²) < 4.78 is 17.9. The summed E-state index contributed by atoms with van der Waals surface area (Å²) in [5.41, 5.74) is 0.223. The number of rotatable bonds is 4. The molecule has 0 saturated heterocycles. The second kappa shape index (κ2) is 8.18. The van der Waals surface area contributed by atoms with E-state index in [1.54, 1.807) is 30.5 Å². The second-order valence-corrected chi connectivity index (χ2v) is 7.67. The van der Waals surface area contributed by atoms with Crippen LogP contribution in [-0.2, 0) is 0 Å². The first kappa shape index (κ1) is 19.4. The average Bonchev–Trinajstić information content (AvgIpc) is 2.71. The third-order valence-corrected chi connectivity index (χ3v) is 5.01. The summed E-state index contributed by atoms with van der Waals surface area (Å²) in [6.45, 7) is 0. The van der Waals surface area contributed by atoms with Crippen LogP contribution in [-0.4, -0.2) is 11.0 Å². The van der Waals surface area contributed by atoms with Crippen LogP contribution in [0.25, 0.3) is 11.0 Å². The van der Waals surface area contributed by atoms with Crippen LogP contribution in [0.4, 0.5) is 0 Å². The molecular formula is C21H11Br2NO5. The number of hydrogen-bond acceptors (Lipinski definition) is 6. The van der Waals surface area contributed by atoms with Gasteiger partial charge in [0.25, 0.3) is 0 Å². The van der Waals surface area contributed by atoms with Crippen molar-refractivity contribution < 1.29 is 18.7 Å².